The Morgan fingerprint density at radius 1 is 1.08 bits per heavy atom. The van der Waals surface area contributed by atoms with Gasteiger partial charge in [-0.05, 0) is 68.3 Å². The molecule has 1 aliphatic carbocycles. The van der Waals surface area contributed by atoms with Gasteiger partial charge in [0.05, 0.1) is 16.5 Å². The van der Waals surface area contributed by atoms with Gasteiger partial charge in [-0.25, -0.2) is 9.97 Å². The number of halogens is 2. The highest BCUT2D eigenvalue weighted by atomic mass is 79.9. The molecular weight excluding hydrogens is 620 g/mol. The van der Waals surface area contributed by atoms with Gasteiger partial charge in [0, 0.05) is 55.2 Å². The predicted molar refractivity (Wildman–Crippen MR) is 149 cm³/mol. The van der Waals surface area contributed by atoms with Crippen molar-refractivity contribution < 1.29 is 9.59 Å². The van der Waals surface area contributed by atoms with Crippen LogP contribution in [-0.2, 0) is 20.5 Å². The molecule has 0 saturated carbocycles. The van der Waals surface area contributed by atoms with Gasteiger partial charge in [0.15, 0.2) is 11.9 Å². The van der Waals surface area contributed by atoms with E-state index in [1.54, 1.807) is 27.5 Å². The molecule has 2 amide bonds. The molecule has 0 saturated heterocycles. The lowest BCUT2D eigenvalue weighted by atomic mass is 9.71. The molecule has 3 atom stereocenters. The van der Waals surface area contributed by atoms with E-state index < -0.39 is 0 Å². The number of amides is 2. The number of aromatic nitrogens is 6. The number of fused-ring (bicyclic) bond motifs is 1. The second-order valence-corrected chi connectivity index (χ2v) is 11.2. The van der Waals surface area contributed by atoms with E-state index in [1.165, 1.54) is 0 Å². The Kier molecular flexibility index (Phi) is 7.09. The Balaban J connectivity index is 1.45. The number of anilines is 2. The van der Waals surface area contributed by atoms with Gasteiger partial charge in [-0.2, -0.15) is 0 Å². The SMILES string of the molecule is Cn1cc(Br)cc1C(=O)NC[C@@H]1C(CNC(=O)c2ccc(Br)n2C)Cc2[nH]c(N)nc2C1c1cnc(N)[nH]1. The molecule has 2 unspecified atom stereocenters. The Hall–Kier alpha value is -3.52. The van der Waals surface area contributed by atoms with Crippen LogP contribution in [0.2, 0.25) is 0 Å². The van der Waals surface area contributed by atoms with Crippen LogP contribution in [0.3, 0.4) is 0 Å². The molecule has 4 aromatic rings. The number of imidazole rings is 2. The number of H-pyrrole nitrogens is 2. The second-order valence-electron chi connectivity index (χ2n) is 9.49. The monoisotopic (exact) mass is 646 g/mol. The Labute approximate surface area is 235 Å². The maximum atomic E-state index is 13.1. The highest BCUT2D eigenvalue weighted by molar-refractivity contribution is 9.10. The molecule has 8 N–H and O–H groups in total. The zero-order valence-electron chi connectivity index (χ0n) is 20.8. The van der Waals surface area contributed by atoms with Gasteiger partial charge in [-0.15, -0.1) is 0 Å². The minimum Gasteiger partial charge on any atom is -0.369 e. The highest BCUT2D eigenvalue weighted by Crippen LogP contribution is 2.42. The quantitative estimate of drug-likeness (QED) is 0.179. The van der Waals surface area contributed by atoms with Gasteiger partial charge in [0.2, 0.25) is 0 Å². The number of carbonyl (C=O) groups excluding carboxylic acids is 2. The Morgan fingerprint density at radius 3 is 2.45 bits per heavy atom. The largest absolute Gasteiger partial charge is 0.369 e. The minimum atomic E-state index is -0.288. The van der Waals surface area contributed by atoms with E-state index >= 15 is 0 Å². The third-order valence-electron chi connectivity index (χ3n) is 7.09. The van der Waals surface area contributed by atoms with Crippen LogP contribution in [0, 0.1) is 11.8 Å². The summed E-state index contributed by atoms with van der Waals surface area (Å²) in [6, 6.07) is 5.36. The zero-order valence-corrected chi connectivity index (χ0v) is 23.9. The number of carbonyl (C=O) groups is 2. The maximum Gasteiger partial charge on any atom is 0.267 e. The lowest BCUT2D eigenvalue weighted by molar-refractivity contribution is 0.0902. The number of nitrogen functional groups attached to an aromatic ring is 2. The number of nitrogens with one attached hydrogen (secondary N) is 4. The summed E-state index contributed by atoms with van der Waals surface area (Å²) in [7, 11) is 3.63. The molecule has 200 valence electrons. The molecule has 38 heavy (non-hydrogen) atoms. The first-order chi connectivity index (χ1) is 18.1. The van der Waals surface area contributed by atoms with Crippen molar-refractivity contribution in [2.45, 2.75) is 12.3 Å². The summed E-state index contributed by atoms with van der Waals surface area (Å²) in [5.41, 5.74) is 15.5. The van der Waals surface area contributed by atoms with E-state index in [2.05, 4.69) is 62.4 Å². The van der Waals surface area contributed by atoms with Gasteiger partial charge in [0.1, 0.15) is 11.4 Å². The summed E-state index contributed by atoms with van der Waals surface area (Å²) in [5.74, 6) is -0.308. The molecule has 1 aliphatic rings. The van der Waals surface area contributed by atoms with Crippen molar-refractivity contribution >= 4 is 55.6 Å². The lowest BCUT2D eigenvalue weighted by Gasteiger charge is -2.37. The van der Waals surface area contributed by atoms with E-state index in [0.29, 0.717) is 36.8 Å². The Bertz CT molecular complexity index is 1500. The molecule has 0 bridgehead atoms. The molecule has 0 spiro atoms. The van der Waals surface area contributed by atoms with Gasteiger partial charge < -0.3 is 41.2 Å². The molecule has 0 aliphatic heterocycles. The van der Waals surface area contributed by atoms with Gasteiger partial charge in [0.25, 0.3) is 11.8 Å². The first-order valence-electron chi connectivity index (χ1n) is 12.0. The molecule has 5 rings (SSSR count). The number of nitrogens with zero attached hydrogens (tertiary/aromatic N) is 4. The van der Waals surface area contributed by atoms with Crippen LogP contribution in [0.15, 0.2) is 39.7 Å². The summed E-state index contributed by atoms with van der Waals surface area (Å²) in [5, 5.41) is 6.17. The average Bonchev–Trinajstić information content (AvgIpc) is 3.63. The van der Waals surface area contributed by atoms with Gasteiger partial charge in [-0.1, -0.05) is 0 Å². The Morgan fingerprint density at radius 2 is 1.82 bits per heavy atom. The fourth-order valence-electron chi connectivity index (χ4n) is 5.22. The summed E-state index contributed by atoms with van der Waals surface area (Å²) in [4.78, 5) is 41.2. The molecule has 14 heteroatoms. The van der Waals surface area contributed by atoms with Crippen LogP contribution in [0.4, 0.5) is 11.9 Å². The third kappa shape index (κ3) is 4.97. The highest BCUT2D eigenvalue weighted by Gasteiger charge is 2.41. The van der Waals surface area contributed by atoms with Crippen LogP contribution in [-0.4, -0.2) is 54.0 Å². The molecule has 12 nitrogen and oxygen atoms in total. The van der Waals surface area contributed by atoms with Crippen molar-refractivity contribution in [1.82, 2.24) is 39.7 Å². The molecule has 4 aromatic heterocycles. The average molecular weight is 648 g/mol. The molecular formula is C24H28Br2N10O2. The van der Waals surface area contributed by atoms with Crippen molar-refractivity contribution in [1.29, 1.82) is 0 Å². The molecule has 0 aromatic carbocycles. The van der Waals surface area contributed by atoms with Crippen LogP contribution in [0.1, 0.15) is 44.0 Å². The summed E-state index contributed by atoms with van der Waals surface area (Å²) in [6.45, 7) is 0.698. The number of nitrogens with two attached hydrogens (primary N) is 2. The number of aryl methyl sites for hydroxylation is 1. The van der Waals surface area contributed by atoms with Crippen molar-refractivity contribution in [2.24, 2.45) is 25.9 Å². The van der Waals surface area contributed by atoms with Crippen molar-refractivity contribution in [3.8, 4) is 0 Å². The molecule has 4 heterocycles. The topological polar surface area (TPSA) is 177 Å². The zero-order chi connectivity index (χ0) is 27.1. The first kappa shape index (κ1) is 26.1. The third-order valence-corrected chi connectivity index (χ3v) is 8.32. The minimum absolute atomic E-state index is 0.0648. The van der Waals surface area contributed by atoms with Crippen LogP contribution < -0.4 is 22.1 Å². The predicted octanol–water partition coefficient (Wildman–Crippen LogP) is 2.28. The summed E-state index contributed by atoms with van der Waals surface area (Å²) < 4.78 is 5.16. The van der Waals surface area contributed by atoms with E-state index in [4.69, 9.17) is 11.5 Å². The van der Waals surface area contributed by atoms with Crippen LogP contribution in [0.25, 0.3) is 0 Å². The smallest absolute Gasteiger partial charge is 0.267 e. The molecule has 0 fully saturated rings. The van der Waals surface area contributed by atoms with Crippen LogP contribution in [0.5, 0.6) is 0 Å². The molecule has 0 radical (unpaired) electrons. The maximum absolute atomic E-state index is 13.1. The van der Waals surface area contributed by atoms with E-state index in [0.717, 1.165) is 26.2 Å². The first-order valence-corrected chi connectivity index (χ1v) is 13.5. The van der Waals surface area contributed by atoms with Crippen LogP contribution >= 0.6 is 31.9 Å². The fraction of sp³-hybridized carbons (Fsp3) is 0.333. The summed E-state index contributed by atoms with van der Waals surface area (Å²) in [6.07, 6.45) is 4.10. The standard InChI is InChI=1S/C24H28Br2N10O2/c1-35-10-12(25)6-17(35)22(38)30-8-13-11(7-29-21(37)16-3-4-18(26)36(16)2)5-14-20(34-24(28)32-14)19(13)15-9-31-23(27)33-15/h3-4,6,9-11,13,19H,5,7-8H2,1-2H3,(H,29,37)(H,30,38)(H3,27,31,33)(H3,28,32,34)/t11?,13-,19?/m1/s1. The van der Waals surface area contributed by atoms with Crippen molar-refractivity contribution in [3.63, 3.8) is 0 Å². The summed E-state index contributed by atoms with van der Waals surface area (Å²) >= 11 is 6.85. The number of rotatable bonds is 7. The normalized spacial score (nSPS) is 18.8. The van der Waals surface area contributed by atoms with E-state index in [1.807, 2.05) is 26.4 Å². The van der Waals surface area contributed by atoms with Gasteiger partial charge in [-0.3, -0.25) is 9.59 Å². The van der Waals surface area contributed by atoms with E-state index in [-0.39, 0.29) is 35.5 Å². The number of hydrogen-bond acceptors (Lipinski definition) is 6. The number of aromatic amines is 2. The number of hydrogen-bond donors (Lipinski definition) is 6. The lowest BCUT2D eigenvalue weighted by Crippen LogP contribution is -2.44. The fourth-order valence-corrected chi connectivity index (χ4v) is 6.07. The second kappa shape index (κ2) is 10.3. The van der Waals surface area contributed by atoms with Gasteiger partial charge >= 0.3 is 0 Å². The van der Waals surface area contributed by atoms with Crippen molar-refractivity contribution in [3.05, 3.63) is 68.1 Å². The van der Waals surface area contributed by atoms with E-state index in [9.17, 15) is 9.59 Å². The van der Waals surface area contributed by atoms with Crippen molar-refractivity contribution in [2.75, 3.05) is 24.6 Å².